The first-order valence-corrected chi connectivity index (χ1v) is 8.36. The Bertz CT molecular complexity index is 507. The van der Waals surface area contributed by atoms with Crippen molar-refractivity contribution in [2.45, 2.75) is 10.9 Å². The Balaban J connectivity index is 2.19. The Morgan fingerprint density at radius 2 is 1.84 bits per heavy atom. The molecule has 0 aliphatic carbocycles. The third-order valence-electron chi connectivity index (χ3n) is 3.51. The van der Waals surface area contributed by atoms with Gasteiger partial charge in [-0.05, 0) is 17.7 Å². The number of nitrogens with zero attached hydrogens (tertiary/aromatic N) is 1. The van der Waals surface area contributed by atoms with Crippen molar-refractivity contribution in [3.63, 3.8) is 0 Å². The van der Waals surface area contributed by atoms with Gasteiger partial charge in [-0.2, -0.15) is 0 Å². The summed E-state index contributed by atoms with van der Waals surface area (Å²) in [5.74, 6) is 0. The van der Waals surface area contributed by atoms with E-state index < -0.39 is 9.84 Å². The van der Waals surface area contributed by atoms with Crippen LogP contribution in [0.25, 0.3) is 0 Å². The highest BCUT2D eigenvalue weighted by Crippen LogP contribution is 2.21. The largest absolute Gasteiger partial charge is 0.329 e. The number of benzene rings is 1. The van der Waals surface area contributed by atoms with E-state index in [0.717, 1.165) is 31.7 Å². The lowest BCUT2D eigenvalue weighted by Gasteiger charge is -2.34. The highest BCUT2D eigenvalue weighted by molar-refractivity contribution is 7.90. The zero-order valence-corrected chi connectivity index (χ0v) is 12.0. The van der Waals surface area contributed by atoms with Crippen LogP contribution in [0.15, 0.2) is 29.2 Å². The Morgan fingerprint density at radius 1 is 1.26 bits per heavy atom. The SMILES string of the molecule is CS(=O)(=O)c1ccc(C(CN)N2CCNCC2)cc1. The molecule has 6 heteroatoms. The van der Waals surface area contributed by atoms with E-state index in [1.807, 2.05) is 12.1 Å². The normalized spacial score (nSPS) is 19.3. The van der Waals surface area contributed by atoms with Crippen molar-refractivity contribution in [3.8, 4) is 0 Å². The Labute approximate surface area is 114 Å². The van der Waals surface area contributed by atoms with E-state index in [1.54, 1.807) is 12.1 Å². The van der Waals surface area contributed by atoms with Crippen molar-refractivity contribution < 1.29 is 8.42 Å². The molecule has 0 spiro atoms. The second kappa shape index (κ2) is 6.00. The van der Waals surface area contributed by atoms with Crippen molar-refractivity contribution in [2.75, 3.05) is 39.0 Å². The first-order chi connectivity index (χ1) is 9.02. The topological polar surface area (TPSA) is 75.4 Å². The monoisotopic (exact) mass is 283 g/mol. The standard InChI is InChI=1S/C13H21N3O2S/c1-19(17,18)12-4-2-11(3-5-12)13(10-14)16-8-6-15-7-9-16/h2-5,13,15H,6-10,14H2,1H3. The summed E-state index contributed by atoms with van der Waals surface area (Å²) in [5, 5.41) is 3.31. The minimum atomic E-state index is -3.13. The van der Waals surface area contributed by atoms with E-state index in [1.165, 1.54) is 6.26 Å². The van der Waals surface area contributed by atoms with Gasteiger partial charge < -0.3 is 11.1 Å². The minimum Gasteiger partial charge on any atom is -0.329 e. The van der Waals surface area contributed by atoms with Gasteiger partial charge in [0.15, 0.2) is 9.84 Å². The number of nitrogens with two attached hydrogens (primary N) is 1. The third-order valence-corrected chi connectivity index (χ3v) is 4.64. The van der Waals surface area contributed by atoms with Crippen molar-refractivity contribution in [1.29, 1.82) is 0 Å². The van der Waals surface area contributed by atoms with Crippen LogP contribution in [0.5, 0.6) is 0 Å². The van der Waals surface area contributed by atoms with Gasteiger partial charge in [-0.1, -0.05) is 12.1 Å². The van der Waals surface area contributed by atoms with Gasteiger partial charge in [-0.15, -0.1) is 0 Å². The number of nitrogens with one attached hydrogen (secondary N) is 1. The van der Waals surface area contributed by atoms with E-state index in [-0.39, 0.29) is 6.04 Å². The maximum Gasteiger partial charge on any atom is 0.175 e. The van der Waals surface area contributed by atoms with Gasteiger partial charge in [-0.3, -0.25) is 4.90 Å². The quantitative estimate of drug-likeness (QED) is 0.813. The Kier molecular flexibility index (Phi) is 4.57. The highest BCUT2D eigenvalue weighted by atomic mass is 32.2. The van der Waals surface area contributed by atoms with E-state index in [0.29, 0.717) is 11.4 Å². The number of piperazine rings is 1. The molecule has 1 aliphatic heterocycles. The zero-order valence-electron chi connectivity index (χ0n) is 11.2. The summed E-state index contributed by atoms with van der Waals surface area (Å²) in [4.78, 5) is 2.69. The maximum absolute atomic E-state index is 11.4. The van der Waals surface area contributed by atoms with Crippen molar-refractivity contribution in [2.24, 2.45) is 5.73 Å². The first kappa shape index (κ1) is 14.5. The maximum atomic E-state index is 11.4. The molecule has 0 radical (unpaired) electrons. The molecule has 3 N–H and O–H groups in total. The lowest BCUT2D eigenvalue weighted by Crippen LogP contribution is -2.46. The number of sulfone groups is 1. The van der Waals surface area contributed by atoms with Crippen molar-refractivity contribution in [3.05, 3.63) is 29.8 Å². The smallest absolute Gasteiger partial charge is 0.175 e. The van der Waals surface area contributed by atoms with E-state index in [2.05, 4.69) is 10.2 Å². The predicted octanol–water partition coefficient (Wildman–Crippen LogP) is -0.00490. The molecule has 19 heavy (non-hydrogen) atoms. The fraction of sp³-hybridized carbons (Fsp3) is 0.538. The summed E-state index contributed by atoms with van der Waals surface area (Å²) in [7, 11) is -3.13. The van der Waals surface area contributed by atoms with Crippen LogP contribution in [0.2, 0.25) is 0 Å². The molecular formula is C13H21N3O2S. The summed E-state index contributed by atoms with van der Waals surface area (Å²) >= 11 is 0. The highest BCUT2D eigenvalue weighted by Gasteiger charge is 2.21. The average molecular weight is 283 g/mol. The molecule has 0 aromatic heterocycles. The molecule has 0 saturated carbocycles. The van der Waals surface area contributed by atoms with Crippen molar-refractivity contribution >= 4 is 9.84 Å². The summed E-state index contributed by atoms with van der Waals surface area (Å²) in [6, 6.07) is 7.23. The molecule has 1 aromatic rings. The number of hydrogen-bond acceptors (Lipinski definition) is 5. The van der Waals surface area contributed by atoms with Crippen LogP contribution in [0.4, 0.5) is 0 Å². The van der Waals surface area contributed by atoms with Crippen LogP contribution in [0.1, 0.15) is 11.6 Å². The van der Waals surface area contributed by atoms with Crippen LogP contribution in [0.3, 0.4) is 0 Å². The van der Waals surface area contributed by atoms with E-state index >= 15 is 0 Å². The molecule has 1 unspecified atom stereocenters. The molecule has 1 aliphatic rings. The van der Waals surface area contributed by atoms with Gasteiger partial charge in [0.1, 0.15) is 0 Å². The van der Waals surface area contributed by atoms with Gasteiger partial charge in [0.05, 0.1) is 4.90 Å². The fourth-order valence-corrected chi connectivity index (χ4v) is 3.06. The predicted molar refractivity (Wildman–Crippen MR) is 75.8 cm³/mol. The lowest BCUT2D eigenvalue weighted by atomic mass is 10.0. The zero-order chi connectivity index (χ0) is 13.9. The molecule has 1 heterocycles. The van der Waals surface area contributed by atoms with Crippen LogP contribution < -0.4 is 11.1 Å². The summed E-state index contributed by atoms with van der Waals surface area (Å²) in [5.41, 5.74) is 6.96. The molecule has 5 nitrogen and oxygen atoms in total. The summed E-state index contributed by atoms with van der Waals surface area (Å²) in [6.07, 6.45) is 1.22. The number of hydrogen-bond donors (Lipinski definition) is 2. The number of rotatable bonds is 4. The molecule has 1 aromatic carbocycles. The van der Waals surface area contributed by atoms with Crippen molar-refractivity contribution in [1.82, 2.24) is 10.2 Å². The molecule has 1 fully saturated rings. The van der Waals surface area contributed by atoms with Gasteiger partial charge in [0.2, 0.25) is 0 Å². The van der Waals surface area contributed by atoms with Gasteiger partial charge in [0.25, 0.3) is 0 Å². The second-order valence-electron chi connectivity index (χ2n) is 4.88. The van der Waals surface area contributed by atoms with Gasteiger partial charge in [-0.25, -0.2) is 8.42 Å². The second-order valence-corrected chi connectivity index (χ2v) is 6.89. The minimum absolute atomic E-state index is 0.163. The molecule has 0 bridgehead atoms. The van der Waals surface area contributed by atoms with Crippen LogP contribution in [-0.4, -0.2) is 52.3 Å². The third kappa shape index (κ3) is 3.54. The molecule has 0 amide bonds. The first-order valence-electron chi connectivity index (χ1n) is 6.47. The molecule has 1 saturated heterocycles. The Hall–Kier alpha value is -0.950. The van der Waals surface area contributed by atoms with Gasteiger partial charge >= 0.3 is 0 Å². The van der Waals surface area contributed by atoms with E-state index in [4.69, 9.17) is 5.73 Å². The molecule has 106 valence electrons. The van der Waals surface area contributed by atoms with Gasteiger partial charge in [0, 0.05) is 45.0 Å². The molecular weight excluding hydrogens is 262 g/mol. The average Bonchev–Trinajstić information content (AvgIpc) is 2.40. The van der Waals surface area contributed by atoms with Crippen LogP contribution in [-0.2, 0) is 9.84 Å². The molecule has 2 rings (SSSR count). The summed E-state index contributed by atoms with van der Waals surface area (Å²) in [6.45, 7) is 4.42. The van der Waals surface area contributed by atoms with Crippen LogP contribution >= 0.6 is 0 Å². The lowest BCUT2D eigenvalue weighted by molar-refractivity contribution is 0.178. The van der Waals surface area contributed by atoms with E-state index in [9.17, 15) is 8.42 Å². The Morgan fingerprint density at radius 3 is 2.32 bits per heavy atom. The molecule has 1 atom stereocenters. The van der Waals surface area contributed by atoms with Crippen LogP contribution in [0, 0.1) is 0 Å². The summed E-state index contributed by atoms with van der Waals surface area (Å²) < 4.78 is 22.9. The fourth-order valence-electron chi connectivity index (χ4n) is 2.43.